The Bertz CT molecular complexity index is 2430. The fourth-order valence-corrected chi connectivity index (χ4v) is 7.05. The quantitative estimate of drug-likeness (QED) is 0.161. The van der Waals surface area contributed by atoms with Crippen molar-refractivity contribution in [3.05, 3.63) is 144 Å². The maximum absolute atomic E-state index is 6.51. The number of aromatic nitrogens is 3. The Morgan fingerprint density at radius 2 is 1.38 bits per heavy atom. The van der Waals surface area contributed by atoms with Crippen LogP contribution in [0.25, 0.3) is 27.6 Å². The van der Waals surface area contributed by atoms with Gasteiger partial charge in [0.05, 0.1) is 5.69 Å². The molecule has 8 rings (SSSR count). The van der Waals surface area contributed by atoms with Gasteiger partial charge in [0.25, 0.3) is 0 Å². The molecule has 0 fully saturated rings. The number of hydrogen-bond acceptors (Lipinski definition) is 5. The van der Waals surface area contributed by atoms with E-state index in [1.165, 1.54) is 22.3 Å². The summed E-state index contributed by atoms with van der Waals surface area (Å²) in [4.78, 5) is 13.9. The van der Waals surface area contributed by atoms with Crippen LogP contribution in [0.15, 0.2) is 103 Å². The van der Waals surface area contributed by atoms with E-state index in [4.69, 9.17) is 14.7 Å². The third-order valence-electron chi connectivity index (χ3n) is 9.71. The van der Waals surface area contributed by atoms with Crippen LogP contribution in [0.4, 0.5) is 22.9 Å². The molecule has 0 aliphatic carbocycles. The van der Waals surface area contributed by atoms with Gasteiger partial charge in [-0.15, -0.1) is 42.4 Å². The summed E-state index contributed by atoms with van der Waals surface area (Å²) in [7, 11) is 0. The van der Waals surface area contributed by atoms with Crippen molar-refractivity contribution >= 4 is 44.7 Å². The molecule has 0 N–H and O–H groups in total. The number of pyridine rings is 2. The monoisotopic (exact) mass is 863 g/mol. The minimum Gasteiger partial charge on any atom is -0.509 e. The van der Waals surface area contributed by atoms with Gasteiger partial charge in [0, 0.05) is 56.2 Å². The van der Waals surface area contributed by atoms with E-state index in [0.29, 0.717) is 11.5 Å². The van der Waals surface area contributed by atoms with Crippen LogP contribution < -0.4 is 14.5 Å². The summed E-state index contributed by atoms with van der Waals surface area (Å²) in [5.41, 5.74) is 10.0. The van der Waals surface area contributed by atoms with Gasteiger partial charge in [-0.3, -0.25) is 0 Å². The number of ether oxygens (including phenoxy) is 1. The molecule has 1 aliphatic heterocycles. The van der Waals surface area contributed by atoms with Crippen molar-refractivity contribution < 1.29 is 25.8 Å². The van der Waals surface area contributed by atoms with Crippen LogP contribution in [0, 0.1) is 32.6 Å². The van der Waals surface area contributed by atoms with Crippen LogP contribution in [0.2, 0.25) is 0 Å². The Balaban J connectivity index is 0.00000420. The first kappa shape index (κ1) is 35.5. The molecular weight excluding hydrogens is 822 g/mol. The second-order valence-corrected chi connectivity index (χ2v) is 15.5. The summed E-state index contributed by atoms with van der Waals surface area (Å²) in [5, 5.41) is 2.24. The Hall–Kier alpha value is -4.93. The zero-order valence-electron chi connectivity index (χ0n) is 30.9. The molecule has 7 heteroatoms. The van der Waals surface area contributed by atoms with E-state index in [-0.39, 0.29) is 31.9 Å². The van der Waals surface area contributed by atoms with Gasteiger partial charge in [0.1, 0.15) is 11.6 Å². The van der Waals surface area contributed by atoms with Crippen LogP contribution in [0.1, 0.15) is 63.8 Å². The van der Waals surface area contributed by atoms with Gasteiger partial charge in [-0.2, -0.15) is 12.1 Å². The second kappa shape index (κ2) is 13.2. The molecule has 52 heavy (non-hydrogen) atoms. The largest absolute Gasteiger partial charge is 0.509 e. The van der Waals surface area contributed by atoms with Gasteiger partial charge in [-0.25, -0.2) is 9.97 Å². The smallest absolute Gasteiger partial charge is 0.135 e. The Kier molecular flexibility index (Phi) is 9.03. The number of nitrogens with zero attached hydrogens (tertiary/aromatic N) is 5. The Labute approximate surface area is 321 Å². The summed E-state index contributed by atoms with van der Waals surface area (Å²) in [6.07, 6.45) is 3.73. The van der Waals surface area contributed by atoms with Gasteiger partial charge in [0.2, 0.25) is 0 Å². The van der Waals surface area contributed by atoms with Gasteiger partial charge >= 0.3 is 0 Å². The molecule has 4 heterocycles. The van der Waals surface area contributed by atoms with Crippen LogP contribution in [-0.2, 0) is 31.9 Å². The molecule has 0 saturated carbocycles. The topological polar surface area (TPSA) is 46.4 Å². The van der Waals surface area contributed by atoms with Crippen molar-refractivity contribution in [2.45, 2.75) is 66.2 Å². The van der Waals surface area contributed by atoms with Crippen LogP contribution in [0.5, 0.6) is 11.5 Å². The van der Waals surface area contributed by atoms with Crippen molar-refractivity contribution in [1.82, 2.24) is 14.5 Å². The van der Waals surface area contributed by atoms with Crippen molar-refractivity contribution in [1.29, 1.82) is 0 Å². The van der Waals surface area contributed by atoms with Gasteiger partial charge in [-0.1, -0.05) is 83.1 Å². The minimum absolute atomic E-state index is 0. The number of rotatable bonds is 5. The standard InChI is InChI=1S/C45H42N5O.Pt/c1-29-23-32(45(6,7)8)24-30(2)42(29)49-28-48(43-39(49)17-12-21-47-43)33-13-11-14-34(26-33)51-35-18-19-37-36-15-9-10-16-38(36)50(40(37)27-35)41-25-31(20-22-46-41)44(3,4)5;/h9-25,28H,1-8H3;/q-3;. The fourth-order valence-electron chi connectivity index (χ4n) is 7.05. The fraction of sp³-hybridized carbons (Fsp3) is 0.222. The number of para-hydroxylation sites is 1. The van der Waals surface area contributed by atoms with Crippen LogP contribution in [0.3, 0.4) is 0 Å². The molecule has 0 amide bonds. The van der Waals surface area contributed by atoms with Gasteiger partial charge in [0.15, 0.2) is 0 Å². The maximum atomic E-state index is 6.51. The van der Waals surface area contributed by atoms with E-state index in [1.807, 2.05) is 42.7 Å². The van der Waals surface area contributed by atoms with E-state index in [0.717, 1.165) is 50.5 Å². The van der Waals surface area contributed by atoms with Crippen LogP contribution >= 0.6 is 0 Å². The molecule has 1 aliphatic rings. The second-order valence-electron chi connectivity index (χ2n) is 15.5. The molecule has 4 aromatic carbocycles. The maximum Gasteiger partial charge on any atom is 0.135 e. The molecule has 0 bridgehead atoms. The number of fused-ring (bicyclic) bond motifs is 4. The average molecular weight is 864 g/mol. The van der Waals surface area contributed by atoms with Gasteiger partial charge in [-0.05, 0) is 82.6 Å². The molecule has 3 aromatic heterocycles. The van der Waals surface area contributed by atoms with E-state index in [1.54, 1.807) is 0 Å². The molecule has 0 radical (unpaired) electrons. The van der Waals surface area contributed by atoms with Gasteiger partial charge < -0.3 is 19.1 Å². The minimum atomic E-state index is -0.0103. The third-order valence-corrected chi connectivity index (χ3v) is 9.71. The van der Waals surface area contributed by atoms with Crippen molar-refractivity contribution in [2.24, 2.45) is 0 Å². The summed E-state index contributed by atoms with van der Waals surface area (Å²) < 4.78 is 8.70. The first-order valence-corrected chi connectivity index (χ1v) is 17.5. The van der Waals surface area contributed by atoms with Crippen molar-refractivity contribution in [2.75, 3.05) is 9.80 Å². The predicted octanol–water partition coefficient (Wildman–Crippen LogP) is 11.6. The average Bonchev–Trinajstić information content (AvgIpc) is 3.63. The molecule has 266 valence electrons. The summed E-state index contributed by atoms with van der Waals surface area (Å²) in [6.45, 7) is 19.9. The zero-order chi connectivity index (χ0) is 35.7. The number of anilines is 4. The molecule has 0 saturated heterocycles. The predicted molar refractivity (Wildman–Crippen MR) is 209 cm³/mol. The number of benzene rings is 4. The van der Waals surface area contributed by atoms with E-state index in [2.05, 4.69) is 149 Å². The number of aryl methyl sites for hydroxylation is 2. The van der Waals surface area contributed by atoms with Crippen molar-refractivity contribution in [3.63, 3.8) is 0 Å². The molecule has 0 unspecified atom stereocenters. The Morgan fingerprint density at radius 3 is 2.13 bits per heavy atom. The van der Waals surface area contributed by atoms with Crippen molar-refractivity contribution in [3.8, 4) is 17.3 Å². The molecule has 7 aromatic rings. The SMILES string of the molecule is Cc1cc(C(C)(C)C)cc(C)c1N1[CH-]N(c2[c-]c(Oc3[c-]c4c(cc3)c3ccccc3n4-c3cc(C(C)(C)C)ccn3)ccc2)c2ncccc21.[Pt]. The number of hydrogen-bond donors (Lipinski definition) is 0. The normalized spacial score (nSPS) is 13.1. The van der Waals surface area contributed by atoms with E-state index >= 15 is 0 Å². The molecule has 0 atom stereocenters. The van der Waals surface area contributed by atoms with E-state index in [9.17, 15) is 0 Å². The van der Waals surface area contributed by atoms with E-state index < -0.39 is 0 Å². The molecular formula is C45H42N5OPt-3. The molecule has 6 nitrogen and oxygen atoms in total. The molecule has 0 spiro atoms. The first-order valence-electron chi connectivity index (χ1n) is 17.5. The van der Waals surface area contributed by atoms with Crippen LogP contribution in [-0.4, -0.2) is 14.5 Å². The Morgan fingerprint density at radius 1 is 0.654 bits per heavy atom. The summed E-state index contributed by atoms with van der Waals surface area (Å²) in [6, 6.07) is 38.6. The summed E-state index contributed by atoms with van der Waals surface area (Å²) in [5.74, 6) is 2.88. The first-order chi connectivity index (χ1) is 24.4. The summed E-state index contributed by atoms with van der Waals surface area (Å²) >= 11 is 0. The zero-order valence-corrected chi connectivity index (χ0v) is 33.1. The third kappa shape index (κ3) is 6.28.